The summed E-state index contributed by atoms with van der Waals surface area (Å²) < 4.78 is 4.56. The molecule has 3 nitrogen and oxygen atoms in total. The number of esters is 2. The van der Waals surface area contributed by atoms with Gasteiger partial charge < -0.3 is 4.74 Å². The Balaban J connectivity index is 0. The van der Waals surface area contributed by atoms with Crippen LogP contribution in [0.15, 0.2) is 12.2 Å². The molecule has 0 amide bonds. The smallest absolute Gasteiger partial charge is 0.340 e. The Kier molecular flexibility index (Phi) is 13.3. The van der Waals surface area contributed by atoms with Gasteiger partial charge in [-0.15, -0.1) is 0 Å². The van der Waals surface area contributed by atoms with Crippen LogP contribution in [0, 0.1) is 0 Å². The summed E-state index contributed by atoms with van der Waals surface area (Å²) in [5, 5.41) is 0. The van der Waals surface area contributed by atoms with Gasteiger partial charge in [-0.25, -0.2) is 4.79 Å². The van der Waals surface area contributed by atoms with Crippen molar-refractivity contribution >= 4 is 11.9 Å². The maximum absolute atomic E-state index is 11.2. The van der Waals surface area contributed by atoms with Crippen molar-refractivity contribution in [2.75, 3.05) is 0 Å². The topological polar surface area (TPSA) is 43.4 Å². The van der Waals surface area contributed by atoms with E-state index < -0.39 is 11.9 Å². The SMILES string of the molecule is C=C(C)C(=O)OC(=O)CCCCCCCC.[Zn]. The molecule has 0 saturated heterocycles. The van der Waals surface area contributed by atoms with E-state index in [1.165, 1.54) is 26.2 Å². The van der Waals surface area contributed by atoms with E-state index in [-0.39, 0.29) is 25.1 Å². The van der Waals surface area contributed by atoms with Gasteiger partial charge in [0, 0.05) is 31.5 Å². The molecule has 0 aliphatic carbocycles. The Morgan fingerprint density at radius 3 is 2.12 bits per heavy atom. The van der Waals surface area contributed by atoms with Gasteiger partial charge in [0.05, 0.1) is 0 Å². The Morgan fingerprint density at radius 1 is 1.06 bits per heavy atom. The molecule has 0 radical (unpaired) electrons. The summed E-state index contributed by atoms with van der Waals surface area (Å²) in [5.41, 5.74) is 0.260. The van der Waals surface area contributed by atoms with Crippen molar-refractivity contribution in [3.8, 4) is 0 Å². The number of ether oxygens (including phenoxy) is 1. The average molecular weight is 292 g/mol. The Labute approximate surface area is 117 Å². The molecule has 0 bridgehead atoms. The van der Waals surface area contributed by atoms with E-state index in [0.29, 0.717) is 6.42 Å². The van der Waals surface area contributed by atoms with Crippen LogP contribution in [-0.2, 0) is 33.8 Å². The number of unbranched alkanes of at least 4 members (excludes halogenated alkanes) is 5. The molecule has 0 heterocycles. The van der Waals surface area contributed by atoms with Crippen molar-refractivity contribution in [3.63, 3.8) is 0 Å². The van der Waals surface area contributed by atoms with E-state index >= 15 is 0 Å². The fourth-order valence-corrected chi connectivity index (χ4v) is 1.29. The first kappa shape index (κ1) is 18.9. The molecule has 0 N–H and O–H groups in total. The number of hydrogen-bond acceptors (Lipinski definition) is 3. The van der Waals surface area contributed by atoms with Gasteiger partial charge in [-0.3, -0.25) is 4.79 Å². The molecule has 0 aliphatic heterocycles. The molecule has 0 unspecified atom stereocenters. The van der Waals surface area contributed by atoms with E-state index in [2.05, 4.69) is 18.2 Å². The minimum absolute atomic E-state index is 0. The van der Waals surface area contributed by atoms with E-state index in [0.717, 1.165) is 19.3 Å². The summed E-state index contributed by atoms with van der Waals surface area (Å²) in [6.07, 6.45) is 6.98. The normalized spacial score (nSPS) is 9.29. The van der Waals surface area contributed by atoms with Gasteiger partial charge in [-0.2, -0.15) is 0 Å². The molecule has 17 heavy (non-hydrogen) atoms. The van der Waals surface area contributed by atoms with Crippen molar-refractivity contribution in [2.24, 2.45) is 0 Å². The number of carbonyl (C=O) groups is 2. The predicted molar refractivity (Wildman–Crippen MR) is 63.9 cm³/mol. The fourth-order valence-electron chi connectivity index (χ4n) is 1.29. The molecule has 0 fully saturated rings. The fraction of sp³-hybridized carbons (Fsp3) is 0.692. The number of hydrogen-bond donors (Lipinski definition) is 0. The molecule has 0 atom stereocenters. The third-order valence-electron chi connectivity index (χ3n) is 2.29. The van der Waals surface area contributed by atoms with Crippen LogP contribution < -0.4 is 0 Å². The van der Waals surface area contributed by atoms with Crippen molar-refractivity contribution < 1.29 is 33.8 Å². The third-order valence-corrected chi connectivity index (χ3v) is 2.29. The van der Waals surface area contributed by atoms with E-state index in [4.69, 9.17) is 0 Å². The van der Waals surface area contributed by atoms with Gasteiger partial charge in [0.2, 0.25) is 0 Å². The minimum Gasteiger partial charge on any atom is -0.390 e. The zero-order valence-corrected chi connectivity index (χ0v) is 14.1. The quantitative estimate of drug-likeness (QED) is 0.226. The summed E-state index contributed by atoms with van der Waals surface area (Å²) in [4.78, 5) is 22.1. The van der Waals surface area contributed by atoms with E-state index in [1.807, 2.05) is 0 Å². The van der Waals surface area contributed by atoms with Crippen LogP contribution in [-0.4, -0.2) is 11.9 Å². The molecular formula is C13H22O3Zn. The second-order valence-corrected chi connectivity index (χ2v) is 4.06. The van der Waals surface area contributed by atoms with Crippen molar-refractivity contribution in [1.29, 1.82) is 0 Å². The second-order valence-electron chi connectivity index (χ2n) is 4.06. The first-order valence-electron chi connectivity index (χ1n) is 5.98. The van der Waals surface area contributed by atoms with Gasteiger partial charge in [-0.1, -0.05) is 45.6 Å². The zero-order chi connectivity index (χ0) is 12.4. The van der Waals surface area contributed by atoms with Crippen LogP contribution in [0.3, 0.4) is 0 Å². The zero-order valence-electron chi connectivity index (χ0n) is 11.1. The standard InChI is InChI=1S/C13H22O3.Zn/c1-4-5-6-7-8-9-10-12(14)16-13(15)11(2)3;/h2,4-10H2,1,3H3;. The van der Waals surface area contributed by atoms with Crippen molar-refractivity contribution in [2.45, 2.75) is 58.8 Å². The summed E-state index contributed by atoms with van der Waals surface area (Å²) >= 11 is 0. The molecule has 0 aliphatic rings. The summed E-state index contributed by atoms with van der Waals surface area (Å²) in [7, 11) is 0. The summed E-state index contributed by atoms with van der Waals surface area (Å²) in [6.45, 7) is 7.11. The molecule has 4 heteroatoms. The third kappa shape index (κ3) is 11.8. The Bertz CT molecular complexity index is 249. The van der Waals surface area contributed by atoms with Crippen LogP contribution in [0.1, 0.15) is 58.8 Å². The molecule has 0 aromatic carbocycles. The van der Waals surface area contributed by atoms with Crippen molar-refractivity contribution in [1.82, 2.24) is 0 Å². The first-order chi connectivity index (χ1) is 7.57. The van der Waals surface area contributed by atoms with E-state index in [1.54, 1.807) is 0 Å². The van der Waals surface area contributed by atoms with Gasteiger partial charge >= 0.3 is 11.9 Å². The Hall–Kier alpha value is -0.497. The van der Waals surface area contributed by atoms with Crippen molar-refractivity contribution in [3.05, 3.63) is 12.2 Å². The molecule has 0 spiro atoms. The summed E-state index contributed by atoms with van der Waals surface area (Å²) in [5.74, 6) is -1.06. The van der Waals surface area contributed by atoms with Gasteiger partial charge in [0.25, 0.3) is 0 Å². The summed E-state index contributed by atoms with van der Waals surface area (Å²) in [6, 6.07) is 0. The van der Waals surface area contributed by atoms with Gasteiger partial charge in [0.1, 0.15) is 0 Å². The number of rotatable bonds is 8. The van der Waals surface area contributed by atoms with E-state index in [9.17, 15) is 9.59 Å². The van der Waals surface area contributed by atoms with Crippen LogP contribution >= 0.6 is 0 Å². The monoisotopic (exact) mass is 290 g/mol. The molecule has 0 aromatic rings. The van der Waals surface area contributed by atoms with Crippen LogP contribution in [0.4, 0.5) is 0 Å². The number of carbonyl (C=O) groups excluding carboxylic acids is 2. The van der Waals surface area contributed by atoms with Gasteiger partial charge in [-0.05, 0) is 13.3 Å². The molecule has 0 saturated carbocycles. The maximum atomic E-state index is 11.2. The van der Waals surface area contributed by atoms with Crippen LogP contribution in [0.5, 0.6) is 0 Å². The minimum atomic E-state index is -0.615. The predicted octanol–water partition coefficient (Wildman–Crippen LogP) is 3.38. The molecule has 0 rings (SSSR count). The largest absolute Gasteiger partial charge is 0.390 e. The van der Waals surface area contributed by atoms with Gasteiger partial charge in [0.15, 0.2) is 0 Å². The molecule has 0 aromatic heterocycles. The Morgan fingerprint density at radius 2 is 1.59 bits per heavy atom. The maximum Gasteiger partial charge on any atom is 0.340 e. The van der Waals surface area contributed by atoms with Crippen LogP contribution in [0.2, 0.25) is 0 Å². The van der Waals surface area contributed by atoms with Crippen LogP contribution in [0.25, 0.3) is 0 Å². The molecule has 94 valence electrons. The second kappa shape index (κ2) is 12.0. The first-order valence-corrected chi connectivity index (χ1v) is 5.98. The average Bonchev–Trinajstić information content (AvgIpc) is 2.23. The molecular weight excluding hydrogens is 270 g/mol.